The van der Waals surface area contributed by atoms with Crippen molar-refractivity contribution >= 4 is 39.1 Å². The van der Waals surface area contributed by atoms with Gasteiger partial charge in [0.05, 0.1) is 34.6 Å². The Balaban J connectivity index is 1.71. The van der Waals surface area contributed by atoms with E-state index in [0.717, 1.165) is 33.5 Å². The van der Waals surface area contributed by atoms with Crippen LogP contribution in [0.5, 0.6) is 11.5 Å². The summed E-state index contributed by atoms with van der Waals surface area (Å²) in [6.45, 7) is 9.05. The van der Waals surface area contributed by atoms with Crippen LogP contribution >= 0.6 is 27.5 Å². The van der Waals surface area contributed by atoms with E-state index in [9.17, 15) is 9.90 Å². The average Bonchev–Trinajstić information content (AvgIpc) is 3.20. The quantitative estimate of drug-likeness (QED) is 0.205. The van der Waals surface area contributed by atoms with Crippen LogP contribution in [0, 0.1) is 5.92 Å². The summed E-state index contributed by atoms with van der Waals surface area (Å²) in [6.07, 6.45) is 3.27. The molecule has 6 nitrogen and oxygen atoms in total. The van der Waals surface area contributed by atoms with Crippen LogP contribution in [0.3, 0.4) is 0 Å². The van der Waals surface area contributed by atoms with Crippen molar-refractivity contribution in [3.8, 4) is 11.5 Å². The molecule has 0 aliphatic heterocycles. The summed E-state index contributed by atoms with van der Waals surface area (Å²) >= 11 is 10.1. The SMILES string of the molecule is CC(C)CCN(Cc1nc2ccccn2c1Cc1cc(Br)ccc1O)C(=O)c1ccc(OC(C)C)cc1Cl. The Morgan fingerprint density at radius 2 is 1.92 bits per heavy atom. The molecule has 38 heavy (non-hydrogen) atoms. The zero-order valence-electron chi connectivity index (χ0n) is 22.1. The number of imidazole rings is 1. The highest BCUT2D eigenvalue weighted by molar-refractivity contribution is 9.10. The van der Waals surface area contributed by atoms with Gasteiger partial charge in [0.2, 0.25) is 0 Å². The third-order valence-electron chi connectivity index (χ3n) is 6.26. The molecule has 2 aromatic carbocycles. The van der Waals surface area contributed by atoms with E-state index in [1.54, 1.807) is 24.3 Å². The molecule has 4 aromatic rings. The van der Waals surface area contributed by atoms with Crippen LogP contribution in [0.4, 0.5) is 0 Å². The summed E-state index contributed by atoms with van der Waals surface area (Å²) in [5, 5.41) is 10.9. The molecular formula is C30H33BrClN3O3. The zero-order valence-corrected chi connectivity index (χ0v) is 24.5. The van der Waals surface area contributed by atoms with E-state index in [-0.39, 0.29) is 17.8 Å². The van der Waals surface area contributed by atoms with Crippen molar-refractivity contribution < 1.29 is 14.6 Å². The number of hydrogen-bond donors (Lipinski definition) is 1. The molecule has 1 amide bonds. The first kappa shape index (κ1) is 28.0. The van der Waals surface area contributed by atoms with Crippen LogP contribution in [0.2, 0.25) is 5.02 Å². The number of fused-ring (bicyclic) bond motifs is 1. The van der Waals surface area contributed by atoms with Gasteiger partial charge in [0.25, 0.3) is 5.91 Å². The average molecular weight is 599 g/mol. The molecule has 2 aromatic heterocycles. The lowest BCUT2D eigenvalue weighted by molar-refractivity contribution is 0.0733. The minimum Gasteiger partial charge on any atom is -0.508 e. The Labute approximate surface area is 237 Å². The van der Waals surface area contributed by atoms with Crippen molar-refractivity contribution in [1.82, 2.24) is 14.3 Å². The topological polar surface area (TPSA) is 67.1 Å². The van der Waals surface area contributed by atoms with Gasteiger partial charge >= 0.3 is 0 Å². The van der Waals surface area contributed by atoms with Crippen molar-refractivity contribution in [2.45, 2.75) is 53.2 Å². The number of hydrogen-bond acceptors (Lipinski definition) is 4. The molecular weight excluding hydrogens is 566 g/mol. The summed E-state index contributed by atoms with van der Waals surface area (Å²) < 4.78 is 8.65. The van der Waals surface area contributed by atoms with Crippen LogP contribution in [-0.4, -0.2) is 37.9 Å². The highest BCUT2D eigenvalue weighted by Gasteiger charge is 2.23. The molecule has 8 heteroatoms. The van der Waals surface area contributed by atoms with E-state index >= 15 is 0 Å². The summed E-state index contributed by atoms with van der Waals surface area (Å²) in [4.78, 5) is 20.5. The van der Waals surface area contributed by atoms with Crippen molar-refractivity contribution in [3.63, 3.8) is 0 Å². The van der Waals surface area contributed by atoms with Crippen LogP contribution in [0.1, 0.15) is 61.4 Å². The van der Waals surface area contributed by atoms with E-state index in [2.05, 4.69) is 29.8 Å². The number of phenols is 1. The van der Waals surface area contributed by atoms with E-state index in [4.69, 9.17) is 21.3 Å². The summed E-state index contributed by atoms with van der Waals surface area (Å²) in [5.41, 5.74) is 3.69. The van der Waals surface area contributed by atoms with Crippen LogP contribution in [-0.2, 0) is 13.0 Å². The Hall–Kier alpha value is -3.03. The largest absolute Gasteiger partial charge is 0.508 e. The Bertz CT molecular complexity index is 1430. The van der Waals surface area contributed by atoms with E-state index < -0.39 is 0 Å². The molecule has 0 atom stereocenters. The maximum atomic E-state index is 13.8. The summed E-state index contributed by atoms with van der Waals surface area (Å²) in [6, 6.07) is 16.4. The number of phenolic OH excluding ortho intramolecular Hbond substituents is 1. The summed E-state index contributed by atoms with van der Waals surface area (Å²) in [7, 11) is 0. The first-order chi connectivity index (χ1) is 18.1. The standard InChI is InChI=1S/C30H33BrClN3O3/c1-19(2)12-14-34(30(37)24-10-9-23(17-25(24)32)38-20(3)4)18-26-27(35-13-6-5-7-29(35)33-26)16-21-15-22(31)8-11-28(21)36/h5-11,13,15,17,19-20,36H,12,14,16,18H2,1-4H3. The number of amides is 1. The Kier molecular flexibility index (Phi) is 9.00. The fourth-order valence-electron chi connectivity index (χ4n) is 4.32. The predicted molar refractivity (Wildman–Crippen MR) is 155 cm³/mol. The van der Waals surface area contributed by atoms with Gasteiger partial charge in [-0.3, -0.25) is 4.79 Å². The van der Waals surface area contributed by atoms with Gasteiger partial charge in [-0.2, -0.15) is 0 Å². The number of halogens is 2. The predicted octanol–water partition coefficient (Wildman–Crippen LogP) is 7.52. The number of aromatic nitrogens is 2. The second kappa shape index (κ2) is 12.2. The number of aromatic hydroxyl groups is 1. The second-order valence-corrected chi connectivity index (χ2v) is 11.4. The molecule has 4 rings (SSSR count). The van der Waals surface area contributed by atoms with Crippen molar-refractivity contribution in [2.75, 3.05) is 6.54 Å². The molecule has 0 saturated heterocycles. The monoisotopic (exact) mass is 597 g/mol. The smallest absolute Gasteiger partial charge is 0.255 e. The van der Waals surface area contributed by atoms with Gasteiger partial charge in [0, 0.05) is 29.2 Å². The highest BCUT2D eigenvalue weighted by atomic mass is 79.9. The van der Waals surface area contributed by atoms with Gasteiger partial charge in [-0.1, -0.05) is 47.4 Å². The number of benzene rings is 2. The summed E-state index contributed by atoms with van der Waals surface area (Å²) in [5.74, 6) is 1.11. The lowest BCUT2D eigenvalue weighted by atomic mass is 10.1. The number of rotatable bonds is 10. The van der Waals surface area contributed by atoms with Crippen molar-refractivity contribution in [2.24, 2.45) is 5.92 Å². The lowest BCUT2D eigenvalue weighted by Crippen LogP contribution is -2.33. The molecule has 0 aliphatic rings. The first-order valence-electron chi connectivity index (χ1n) is 12.8. The van der Waals surface area contributed by atoms with E-state index in [1.807, 2.05) is 59.7 Å². The molecule has 0 radical (unpaired) electrons. The van der Waals surface area contributed by atoms with Crippen LogP contribution < -0.4 is 4.74 Å². The van der Waals surface area contributed by atoms with Crippen LogP contribution in [0.15, 0.2) is 65.3 Å². The van der Waals surface area contributed by atoms with Gasteiger partial charge in [0.15, 0.2) is 0 Å². The third kappa shape index (κ3) is 6.69. The van der Waals surface area contributed by atoms with Crippen LogP contribution in [0.25, 0.3) is 5.65 Å². The van der Waals surface area contributed by atoms with Gasteiger partial charge in [-0.25, -0.2) is 4.98 Å². The minimum absolute atomic E-state index is 0.00769. The van der Waals surface area contributed by atoms with Crippen molar-refractivity contribution in [3.05, 3.63) is 92.8 Å². The fraction of sp³-hybridized carbons (Fsp3) is 0.333. The maximum absolute atomic E-state index is 13.8. The molecule has 0 aliphatic carbocycles. The van der Waals surface area contributed by atoms with Gasteiger partial charge in [0.1, 0.15) is 17.1 Å². The molecule has 0 saturated carbocycles. The Morgan fingerprint density at radius 3 is 2.63 bits per heavy atom. The number of ether oxygens (including phenoxy) is 1. The van der Waals surface area contributed by atoms with Crippen molar-refractivity contribution in [1.29, 1.82) is 0 Å². The van der Waals surface area contributed by atoms with E-state index in [0.29, 0.717) is 41.8 Å². The molecule has 0 bridgehead atoms. The molecule has 0 fully saturated rings. The molecule has 2 heterocycles. The normalized spacial score (nSPS) is 11.5. The number of carbonyl (C=O) groups excluding carboxylic acids is 1. The Morgan fingerprint density at radius 1 is 1.13 bits per heavy atom. The number of pyridine rings is 1. The fourth-order valence-corrected chi connectivity index (χ4v) is 4.98. The molecule has 0 spiro atoms. The third-order valence-corrected chi connectivity index (χ3v) is 7.06. The lowest BCUT2D eigenvalue weighted by Gasteiger charge is -2.24. The number of nitrogens with zero attached hydrogens (tertiary/aromatic N) is 3. The van der Waals surface area contributed by atoms with Gasteiger partial charge < -0.3 is 19.1 Å². The highest BCUT2D eigenvalue weighted by Crippen LogP contribution is 2.29. The number of carbonyl (C=O) groups is 1. The van der Waals surface area contributed by atoms with E-state index in [1.165, 1.54) is 0 Å². The second-order valence-electron chi connectivity index (χ2n) is 10.1. The maximum Gasteiger partial charge on any atom is 0.255 e. The zero-order chi connectivity index (χ0) is 27.4. The van der Waals surface area contributed by atoms with Gasteiger partial charge in [-0.05, 0) is 74.7 Å². The molecule has 1 N–H and O–H groups in total. The molecule has 0 unspecified atom stereocenters. The van der Waals surface area contributed by atoms with Gasteiger partial charge in [-0.15, -0.1) is 0 Å². The first-order valence-corrected chi connectivity index (χ1v) is 14.0. The minimum atomic E-state index is -0.153. The molecule has 200 valence electrons.